The molecule has 1 heterocycles. The quantitative estimate of drug-likeness (QED) is 0.449. The lowest BCUT2D eigenvalue weighted by Gasteiger charge is -1.85. The molecule has 1 saturated carbocycles. The molecule has 0 aromatic carbocycles. The first-order chi connectivity index (χ1) is 2.97. The Morgan fingerprint density at radius 3 is 2.83 bits per heavy atom. The third-order valence-electron chi connectivity index (χ3n) is 1.68. The standard InChI is InChI=1S/C5H8N/c1-2-6-5-3-4(1)5/h2,4-6H,1,3H2. The van der Waals surface area contributed by atoms with Gasteiger partial charge in [0, 0.05) is 12.6 Å². The number of rotatable bonds is 0. The summed E-state index contributed by atoms with van der Waals surface area (Å²) in [7, 11) is 0. The fourth-order valence-electron chi connectivity index (χ4n) is 1.08. The van der Waals surface area contributed by atoms with E-state index in [0.29, 0.717) is 0 Å². The average Bonchev–Trinajstić information content (AvgIpc) is 2.17. The molecule has 0 amide bonds. The van der Waals surface area contributed by atoms with Gasteiger partial charge >= 0.3 is 0 Å². The molecular formula is C5H8N. The highest BCUT2D eigenvalue weighted by Crippen LogP contribution is 2.38. The van der Waals surface area contributed by atoms with Crippen molar-refractivity contribution in [2.45, 2.75) is 18.9 Å². The van der Waals surface area contributed by atoms with Crippen molar-refractivity contribution in [1.29, 1.82) is 0 Å². The van der Waals surface area contributed by atoms with Gasteiger partial charge in [-0.15, -0.1) is 0 Å². The summed E-state index contributed by atoms with van der Waals surface area (Å²) >= 11 is 0. The lowest BCUT2D eigenvalue weighted by molar-refractivity contribution is 0.838. The van der Waals surface area contributed by atoms with Gasteiger partial charge < -0.3 is 5.32 Å². The van der Waals surface area contributed by atoms with E-state index >= 15 is 0 Å². The Kier molecular flexibility index (Phi) is 0.396. The number of hydrogen-bond acceptors (Lipinski definition) is 1. The number of piperidine rings is 1. The molecule has 0 bridgehead atoms. The predicted molar refractivity (Wildman–Crippen MR) is 23.9 cm³/mol. The van der Waals surface area contributed by atoms with Crippen LogP contribution in [0.5, 0.6) is 0 Å². The van der Waals surface area contributed by atoms with Gasteiger partial charge in [-0.3, -0.25) is 0 Å². The summed E-state index contributed by atoms with van der Waals surface area (Å²) in [5.41, 5.74) is 0. The van der Waals surface area contributed by atoms with E-state index in [1.165, 1.54) is 12.8 Å². The molecule has 1 heteroatoms. The normalized spacial score (nSPS) is 52.0. The molecule has 6 heavy (non-hydrogen) atoms. The zero-order valence-electron chi connectivity index (χ0n) is 3.65. The van der Waals surface area contributed by atoms with Crippen molar-refractivity contribution in [2.75, 3.05) is 0 Å². The molecule has 1 aliphatic heterocycles. The fraction of sp³-hybridized carbons (Fsp3) is 0.800. The van der Waals surface area contributed by atoms with Crippen LogP contribution in [0, 0.1) is 12.5 Å². The first-order valence-corrected chi connectivity index (χ1v) is 2.54. The minimum absolute atomic E-state index is 0.907. The molecule has 1 saturated heterocycles. The van der Waals surface area contributed by atoms with Crippen molar-refractivity contribution in [1.82, 2.24) is 5.32 Å². The number of hydrogen-bond donors (Lipinski definition) is 1. The molecule has 2 unspecified atom stereocenters. The van der Waals surface area contributed by atoms with Crippen LogP contribution in [0.4, 0.5) is 0 Å². The molecule has 0 aromatic heterocycles. The summed E-state index contributed by atoms with van der Waals surface area (Å²) in [6.07, 6.45) is 2.77. The van der Waals surface area contributed by atoms with Gasteiger partial charge in [-0.2, -0.15) is 0 Å². The van der Waals surface area contributed by atoms with Crippen LogP contribution in [0.1, 0.15) is 12.8 Å². The Balaban J connectivity index is 2.09. The van der Waals surface area contributed by atoms with E-state index in [9.17, 15) is 0 Å². The maximum atomic E-state index is 3.27. The van der Waals surface area contributed by atoms with E-state index in [4.69, 9.17) is 0 Å². The van der Waals surface area contributed by atoms with Gasteiger partial charge in [0.1, 0.15) is 0 Å². The molecule has 0 spiro atoms. The van der Waals surface area contributed by atoms with Gasteiger partial charge in [0.2, 0.25) is 0 Å². The van der Waals surface area contributed by atoms with Crippen molar-refractivity contribution in [3.8, 4) is 0 Å². The highest BCUT2D eigenvalue weighted by molar-refractivity contribution is 5.03. The van der Waals surface area contributed by atoms with Crippen LogP contribution >= 0.6 is 0 Å². The summed E-state index contributed by atoms with van der Waals surface area (Å²) in [6.45, 7) is 2.18. The second-order valence-corrected chi connectivity index (χ2v) is 2.21. The smallest absolute Gasteiger partial charge is 0.0227 e. The number of nitrogens with one attached hydrogen (secondary N) is 1. The molecule has 1 nitrogen and oxygen atoms in total. The first-order valence-electron chi connectivity index (χ1n) is 2.54. The zero-order chi connectivity index (χ0) is 3.98. The fourth-order valence-corrected chi connectivity index (χ4v) is 1.08. The molecule has 33 valence electrons. The molecule has 1 radical (unpaired) electrons. The summed E-state index contributed by atoms with van der Waals surface area (Å²) in [4.78, 5) is 0. The monoisotopic (exact) mass is 82.1 g/mol. The largest absolute Gasteiger partial charge is 0.309 e. The summed E-state index contributed by atoms with van der Waals surface area (Å²) in [5.74, 6) is 1.05. The Morgan fingerprint density at radius 2 is 2.67 bits per heavy atom. The van der Waals surface area contributed by atoms with E-state index in [1.54, 1.807) is 0 Å². The summed E-state index contributed by atoms with van der Waals surface area (Å²) in [5, 5.41) is 3.27. The molecule has 2 fully saturated rings. The van der Waals surface area contributed by atoms with Crippen LogP contribution in [0.3, 0.4) is 0 Å². The maximum Gasteiger partial charge on any atom is 0.0227 e. The van der Waals surface area contributed by atoms with E-state index < -0.39 is 0 Å². The van der Waals surface area contributed by atoms with Gasteiger partial charge in [-0.1, -0.05) is 0 Å². The van der Waals surface area contributed by atoms with Crippen LogP contribution in [-0.4, -0.2) is 6.04 Å². The van der Waals surface area contributed by atoms with Crippen molar-refractivity contribution in [3.05, 3.63) is 6.54 Å². The van der Waals surface area contributed by atoms with Crippen molar-refractivity contribution < 1.29 is 0 Å². The van der Waals surface area contributed by atoms with Gasteiger partial charge in [0.15, 0.2) is 0 Å². The molecule has 2 aliphatic rings. The van der Waals surface area contributed by atoms with E-state index in [-0.39, 0.29) is 0 Å². The van der Waals surface area contributed by atoms with E-state index in [0.717, 1.165) is 12.0 Å². The van der Waals surface area contributed by atoms with Gasteiger partial charge in [0.25, 0.3) is 0 Å². The van der Waals surface area contributed by atoms with Crippen LogP contribution in [0.15, 0.2) is 0 Å². The lowest BCUT2D eigenvalue weighted by Crippen LogP contribution is -2.05. The Bertz CT molecular complexity index is 62.3. The van der Waals surface area contributed by atoms with Gasteiger partial charge in [0.05, 0.1) is 0 Å². The molecule has 2 atom stereocenters. The Hall–Kier alpha value is -0.0400. The van der Waals surface area contributed by atoms with Crippen molar-refractivity contribution in [2.24, 2.45) is 5.92 Å². The molecule has 1 aliphatic carbocycles. The average molecular weight is 82.1 g/mol. The Labute approximate surface area is 37.7 Å². The second-order valence-electron chi connectivity index (χ2n) is 2.21. The molecular weight excluding hydrogens is 74.1 g/mol. The third-order valence-corrected chi connectivity index (χ3v) is 1.68. The van der Waals surface area contributed by atoms with Crippen LogP contribution in [-0.2, 0) is 0 Å². The SMILES string of the molecule is [CH]1CC2CC2N1. The maximum absolute atomic E-state index is 3.27. The molecule has 1 N–H and O–H groups in total. The first kappa shape index (κ1) is 3.03. The third kappa shape index (κ3) is 0.243. The Morgan fingerprint density at radius 1 is 1.67 bits per heavy atom. The zero-order valence-corrected chi connectivity index (χ0v) is 3.65. The van der Waals surface area contributed by atoms with Crippen LogP contribution < -0.4 is 5.32 Å². The highest BCUT2D eigenvalue weighted by Gasteiger charge is 2.40. The number of fused-ring (bicyclic) bond motifs is 1. The minimum atomic E-state index is 0.907. The van der Waals surface area contributed by atoms with Crippen LogP contribution in [0.2, 0.25) is 0 Å². The van der Waals surface area contributed by atoms with Gasteiger partial charge in [-0.25, -0.2) is 0 Å². The minimum Gasteiger partial charge on any atom is -0.309 e. The second kappa shape index (κ2) is 0.784. The summed E-state index contributed by atoms with van der Waals surface area (Å²) in [6, 6.07) is 0.907. The summed E-state index contributed by atoms with van der Waals surface area (Å²) < 4.78 is 0. The lowest BCUT2D eigenvalue weighted by atomic mass is 10.3. The predicted octanol–water partition coefficient (Wildman–Crippen LogP) is 0.530. The highest BCUT2D eigenvalue weighted by atomic mass is 15.0. The topological polar surface area (TPSA) is 12.0 Å². The van der Waals surface area contributed by atoms with Crippen LogP contribution in [0.25, 0.3) is 0 Å². The van der Waals surface area contributed by atoms with Crippen molar-refractivity contribution in [3.63, 3.8) is 0 Å². The molecule has 2 rings (SSSR count). The van der Waals surface area contributed by atoms with E-state index in [2.05, 4.69) is 11.9 Å². The molecule has 0 aromatic rings. The van der Waals surface area contributed by atoms with Crippen molar-refractivity contribution >= 4 is 0 Å². The van der Waals surface area contributed by atoms with Gasteiger partial charge in [-0.05, 0) is 18.8 Å². The van der Waals surface area contributed by atoms with E-state index in [1.807, 2.05) is 0 Å².